The Hall–Kier alpha value is -3.08. The second-order valence-electron chi connectivity index (χ2n) is 7.37. The minimum absolute atomic E-state index is 0.107. The van der Waals surface area contributed by atoms with Crippen LogP contribution in [0.15, 0.2) is 54.6 Å². The van der Waals surface area contributed by atoms with Crippen molar-refractivity contribution in [1.29, 1.82) is 0 Å². The summed E-state index contributed by atoms with van der Waals surface area (Å²) in [7, 11) is 1.67. The molecule has 5 nitrogen and oxygen atoms in total. The van der Waals surface area contributed by atoms with Crippen LogP contribution in [0.25, 0.3) is 16.9 Å². The van der Waals surface area contributed by atoms with Crippen molar-refractivity contribution in [3.63, 3.8) is 0 Å². The SMILES string of the molecule is CCOC(=O)CC1CCc2nn(-c3ccc(OC)cc3)c(-c3ccccc3)c2C1. The second kappa shape index (κ2) is 8.52. The van der Waals surface area contributed by atoms with Gasteiger partial charge in [0.25, 0.3) is 0 Å². The largest absolute Gasteiger partial charge is 0.497 e. The number of aryl methyl sites for hydroxylation is 1. The molecule has 0 amide bonds. The van der Waals surface area contributed by atoms with Crippen molar-refractivity contribution in [3.05, 3.63) is 65.9 Å². The van der Waals surface area contributed by atoms with Crippen LogP contribution < -0.4 is 4.74 Å². The van der Waals surface area contributed by atoms with Gasteiger partial charge in [-0.15, -0.1) is 0 Å². The summed E-state index contributed by atoms with van der Waals surface area (Å²) in [6.07, 6.45) is 3.14. The van der Waals surface area contributed by atoms with Crippen molar-refractivity contribution >= 4 is 5.97 Å². The van der Waals surface area contributed by atoms with E-state index in [0.29, 0.717) is 13.0 Å². The number of esters is 1. The predicted molar refractivity (Wildman–Crippen MR) is 112 cm³/mol. The Kier molecular flexibility index (Phi) is 5.65. The molecule has 1 aliphatic rings. The van der Waals surface area contributed by atoms with E-state index < -0.39 is 0 Å². The number of carbonyl (C=O) groups is 1. The lowest BCUT2D eigenvalue weighted by atomic mass is 9.83. The molecule has 0 N–H and O–H groups in total. The summed E-state index contributed by atoms with van der Waals surface area (Å²) in [6, 6.07) is 18.3. The van der Waals surface area contributed by atoms with E-state index in [1.165, 1.54) is 5.56 Å². The first-order chi connectivity index (χ1) is 14.2. The molecule has 0 spiro atoms. The Bertz CT molecular complexity index is 977. The summed E-state index contributed by atoms with van der Waals surface area (Å²) < 4.78 is 12.5. The van der Waals surface area contributed by atoms with E-state index in [4.69, 9.17) is 14.6 Å². The van der Waals surface area contributed by atoms with E-state index in [1.807, 2.05) is 54.1 Å². The van der Waals surface area contributed by atoms with Gasteiger partial charge in [-0.1, -0.05) is 30.3 Å². The van der Waals surface area contributed by atoms with E-state index in [-0.39, 0.29) is 11.9 Å². The fraction of sp³-hybridized carbons (Fsp3) is 0.333. The molecule has 4 rings (SSSR count). The maximum Gasteiger partial charge on any atom is 0.306 e. The highest BCUT2D eigenvalue weighted by Crippen LogP contribution is 2.36. The number of hydrogen-bond acceptors (Lipinski definition) is 4. The summed E-state index contributed by atoms with van der Waals surface area (Å²) >= 11 is 0. The van der Waals surface area contributed by atoms with Gasteiger partial charge >= 0.3 is 5.97 Å². The molecule has 0 saturated heterocycles. The molecule has 0 fully saturated rings. The molecule has 2 aromatic carbocycles. The summed E-state index contributed by atoms with van der Waals surface area (Å²) in [4.78, 5) is 12.0. The molecule has 29 heavy (non-hydrogen) atoms. The van der Waals surface area contributed by atoms with Crippen LogP contribution in [0.1, 0.15) is 31.0 Å². The van der Waals surface area contributed by atoms with Gasteiger partial charge in [0.15, 0.2) is 0 Å². The number of ether oxygens (including phenoxy) is 2. The van der Waals surface area contributed by atoms with Crippen molar-refractivity contribution in [2.45, 2.75) is 32.6 Å². The van der Waals surface area contributed by atoms with Crippen molar-refractivity contribution in [3.8, 4) is 22.7 Å². The molecule has 3 aromatic rings. The molecule has 1 aromatic heterocycles. The number of nitrogens with zero attached hydrogens (tertiary/aromatic N) is 2. The van der Waals surface area contributed by atoms with Gasteiger partial charge in [0.05, 0.1) is 30.8 Å². The van der Waals surface area contributed by atoms with Crippen molar-refractivity contribution in [2.24, 2.45) is 5.92 Å². The molecule has 0 bridgehead atoms. The van der Waals surface area contributed by atoms with Crippen LogP contribution in [0.5, 0.6) is 5.75 Å². The highest BCUT2D eigenvalue weighted by atomic mass is 16.5. The molecule has 0 radical (unpaired) electrons. The monoisotopic (exact) mass is 390 g/mol. The number of rotatable bonds is 6. The second-order valence-corrected chi connectivity index (χ2v) is 7.37. The van der Waals surface area contributed by atoms with Gasteiger partial charge in [0.2, 0.25) is 0 Å². The number of methoxy groups -OCH3 is 1. The zero-order valence-corrected chi connectivity index (χ0v) is 16.9. The molecular weight excluding hydrogens is 364 g/mol. The number of aromatic nitrogens is 2. The molecular formula is C24H26N2O3. The summed E-state index contributed by atoms with van der Waals surface area (Å²) in [5.74, 6) is 1.00. The highest BCUT2D eigenvalue weighted by molar-refractivity contribution is 5.71. The topological polar surface area (TPSA) is 53.3 Å². The lowest BCUT2D eigenvalue weighted by Crippen LogP contribution is -2.19. The quantitative estimate of drug-likeness (QED) is 0.577. The van der Waals surface area contributed by atoms with Crippen LogP contribution in [0.2, 0.25) is 0 Å². The fourth-order valence-corrected chi connectivity index (χ4v) is 4.08. The van der Waals surface area contributed by atoms with E-state index in [0.717, 1.165) is 47.7 Å². The van der Waals surface area contributed by atoms with Crippen molar-refractivity contribution in [2.75, 3.05) is 13.7 Å². The average Bonchev–Trinajstić information content (AvgIpc) is 3.13. The van der Waals surface area contributed by atoms with Crippen LogP contribution in [0.4, 0.5) is 0 Å². The third-order valence-electron chi connectivity index (χ3n) is 5.47. The summed E-state index contributed by atoms with van der Waals surface area (Å²) in [5.41, 5.74) is 5.61. The molecule has 1 unspecified atom stereocenters. The highest BCUT2D eigenvalue weighted by Gasteiger charge is 2.28. The first-order valence-corrected chi connectivity index (χ1v) is 10.2. The molecule has 1 heterocycles. The van der Waals surface area contributed by atoms with Crippen molar-refractivity contribution in [1.82, 2.24) is 9.78 Å². The molecule has 1 aliphatic carbocycles. The van der Waals surface area contributed by atoms with Crippen molar-refractivity contribution < 1.29 is 14.3 Å². The minimum atomic E-state index is -0.107. The fourth-order valence-electron chi connectivity index (χ4n) is 4.08. The van der Waals surface area contributed by atoms with Gasteiger partial charge in [-0.2, -0.15) is 5.10 Å². The summed E-state index contributed by atoms with van der Waals surface area (Å²) in [6.45, 7) is 2.28. The van der Waals surface area contributed by atoms with Gasteiger partial charge in [-0.05, 0) is 56.4 Å². The van der Waals surface area contributed by atoms with E-state index in [2.05, 4.69) is 12.1 Å². The normalized spacial score (nSPS) is 15.6. The number of fused-ring (bicyclic) bond motifs is 1. The predicted octanol–water partition coefficient (Wildman–Crippen LogP) is 4.61. The van der Waals surface area contributed by atoms with Gasteiger partial charge in [-0.3, -0.25) is 4.79 Å². The minimum Gasteiger partial charge on any atom is -0.497 e. The maximum absolute atomic E-state index is 12.0. The molecule has 0 saturated carbocycles. The zero-order valence-electron chi connectivity index (χ0n) is 16.9. The summed E-state index contributed by atoms with van der Waals surface area (Å²) in [5, 5.41) is 4.96. The van der Waals surface area contributed by atoms with Crippen LogP contribution in [0.3, 0.4) is 0 Å². The third kappa shape index (κ3) is 4.04. The molecule has 150 valence electrons. The first kappa shape index (κ1) is 19.2. The van der Waals surface area contributed by atoms with Gasteiger partial charge in [0.1, 0.15) is 5.75 Å². The third-order valence-corrected chi connectivity index (χ3v) is 5.47. The smallest absolute Gasteiger partial charge is 0.306 e. The Labute approximate surface area is 171 Å². The number of hydrogen-bond donors (Lipinski definition) is 0. The van der Waals surface area contributed by atoms with E-state index in [9.17, 15) is 4.79 Å². The van der Waals surface area contributed by atoms with Gasteiger partial charge in [-0.25, -0.2) is 4.68 Å². The van der Waals surface area contributed by atoms with Crippen LogP contribution in [-0.2, 0) is 22.4 Å². The number of carbonyl (C=O) groups excluding carboxylic acids is 1. The van der Waals surface area contributed by atoms with Gasteiger partial charge in [0, 0.05) is 17.5 Å². The molecule has 5 heteroatoms. The van der Waals surface area contributed by atoms with Crippen LogP contribution >= 0.6 is 0 Å². The standard InChI is InChI=1S/C24H26N2O3/c1-3-29-23(27)16-17-9-14-22-21(15-17)24(18-7-5-4-6-8-18)26(25-22)19-10-12-20(28-2)13-11-19/h4-8,10-13,17H,3,9,14-16H2,1-2H3. The Morgan fingerprint density at radius 1 is 1.14 bits per heavy atom. The van der Waals surface area contributed by atoms with E-state index in [1.54, 1.807) is 7.11 Å². The van der Waals surface area contributed by atoms with Crippen LogP contribution in [-0.4, -0.2) is 29.5 Å². The average molecular weight is 390 g/mol. The lowest BCUT2D eigenvalue weighted by Gasteiger charge is -2.21. The first-order valence-electron chi connectivity index (χ1n) is 10.2. The Morgan fingerprint density at radius 2 is 1.90 bits per heavy atom. The zero-order chi connectivity index (χ0) is 20.2. The van der Waals surface area contributed by atoms with Gasteiger partial charge < -0.3 is 9.47 Å². The number of benzene rings is 2. The van der Waals surface area contributed by atoms with Crippen LogP contribution in [0, 0.1) is 5.92 Å². The van der Waals surface area contributed by atoms with E-state index >= 15 is 0 Å². The maximum atomic E-state index is 12.0. The lowest BCUT2D eigenvalue weighted by molar-refractivity contribution is -0.144. The Balaban J connectivity index is 1.74. The molecule has 1 atom stereocenters. The molecule has 0 aliphatic heterocycles. The Morgan fingerprint density at radius 3 is 2.59 bits per heavy atom.